The molecule has 4 aromatic rings. The maximum absolute atomic E-state index is 12.3. The van der Waals surface area contributed by atoms with Crippen molar-refractivity contribution in [3.63, 3.8) is 0 Å². The molecule has 55 heavy (non-hydrogen) atoms. The lowest BCUT2D eigenvalue weighted by atomic mass is 9.97. The van der Waals surface area contributed by atoms with Crippen molar-refractivity contribution in [2.75, 3.05) is 41.3 Å². The molecule has 0 aliphatic rings. The number of carbonyl (C=O) groups is 4. The van der Waals surface area contributed by atoms with Crippen molar-refractivity contribution in [1.29, 1.82) is 0 Å². The summed E-state index contributed by atoms with van der Waals surface area (Å²) in [7, 11) is 8.02. The van der Waals surface area contributed by atoms with E-state index in [4.69, 9.17) is 22.3 Å². The van der Waals surface area contributed by atoms with E-state index < -0.39 is 17.8 Å². The number of nitrogens with one attached hydrogen (secondary N) is 1. The van der Waals surface area contributed by atoms with Gasteiger partial charge in [0.15, 0.2) is 0 Å². The fourth-order valence-corrected chi connectivity index (χ4v) is 5.71. The number of nitrogens with two attached hydrogens (primary N) is 3. The van der Waals surface area contributed by atoms with Crippen LogP contribution in [0.1, 0.15) is 81.5 Å². The van der Waals surface area contributed by atoms with Gasteiger partial charge in [0.2, 0.25) is 17.7 Å². The van der Waals surface area contributed by atoms with Crippen LogP contribution in [0.4, 0.5) is 0 Å². The predicted molar refractivity (Wildman–Crippen MR) is 221 cm³/mol. The average molecular weight is 753 g/mol. The molecule has 0 saturated heterocycles. The number of hydrogen-bond donors (Lipinski definition) is 5. The standard InChI is InChI=1S/C22H29N3O2.C12H19N3O.C10H12O2/c1-16(18-7-5-4-6-8-18)13-21(26)24-15-20(25(2)3)14-17-9-11-19(12-10-17)22(23)27;1-15(2)11(8-13)7-9-3-5-10(6-4-9)12(14)16;1-8(7-10(11)12)9-5-3-2-4-6-9/h4-12,16,20H,13-15H2,1-3H3,(H2,23,27)(H,24,26);3-6,11H,7-8,13H2,1-2H3,(H2,14,16);2-6,8H,7H2,1H3,(H,11,12)/t16-,20+;11-;8-/m101/s1. The van der Waals surface area contributed by atoms with Crippen LogP contribution < -0.4 is 22.5 Å². The van der Waals surface area contributed by atoms with Crippen molar-refractivity contribution in [3.05, 3.63) is 143 Å². The van der Waals surface area contributed by atoms with E-state index in [0.717, 1.165) is 29.5 Å². The van der Waals surface area contributed by atoms with E-state index in [2.05, 4.69) is 34.2 Å². The van der Waals surface area contributed by atoms with Gasteiger partial charge in [-0.05, 0) is 99.4 Å². The van der Waals surface area contributed by atoms with Crippen LogP contribution in [-0.2, 0) is 22.4 Å². The van der Waals surface area contributed by atoms with Crippen LogP contribution in [0.25, 0.3) is 0 Å². The molecule has 0 bridgehead atoms. The van der Waals surface area contributed by atoms with Crippen molar-refractivity contribution in [1.82, 2.24) is 15.1 Å². The van der Waals surface area contributed by atoms with E-state index >= 15 is 0 Å². The molecule has 3 amide bonds. The number of aliphatic carboxylic acids is 1. The van der Waals surface area contributed by atoms with Gasteiger partial charge in [0.05, 0.1) is 6.42 Å². The molecule has 0 fully saturated rings. The highest BCUT2D eigenvalue weighted by atomic mass is 16.4. The normalized spacial score (nSPS) is 12.9. The van der Waals surface area contributed by atoms with Gasteiger partial charge in [0.25, 0.3) is 0 Å². The van der Waals surface area contributed by atoms with Gasteiger partial charge in [-0.1, -0.05) is 98.8 Å². The molecule has 0 aromatic heterocycles. The second-order valence-electron chi connectivity index (χ2n) is 14.2. The number of primary amides is 2. The Morgan fingerprint density at radius 1 is 0.600 bits per heavy atom. The highest BCUT2D eigenvalue weighted by molar-refractivity contribution is 5.93. The predicted octanol–water partition coefficient (Wildman–Crippen LogP) is 5.05. The van der Waals surface area contributed by atoms with Crippen LogP contribution in [-0.4, -0.2) is 92.0 Å². The van der Waals surface area contributed by atoms with Crippen molar-refractivity contribution in [2.24, 2.45) is 17.2 Å². The Labute approximate surface area is 326 Å². The average Bonchev–Trinajstić information content (AvgIpc) is 3.16. The van der Waals surface area contributed by atoms with Gasteiger partial charge >= 0.3 is 5.97 Å². The summed E-state index contributed by atoms with van der Waals surface area (Å²) in [4.78, 5) is 49.0. The summed E-state index contributed by atoms with van der Waals surface area (Å²) in [6.07, 6.45) is 2.32. The summed E-state index contributed by atoms with van der Waals surface area (Å²) in [6, 6.07) is 34.9. The summed E-state index contributed by atoms with van der Waals surface area (Å²) < 4.78 is 0. The number of carbonyl (C=O) groups excluding carboxylic acids is 3. The molecular weight excluding hydrogens is 693 g/mol. The fraction of sp³-hybridized carbons (Fsp3) is 0.364. The minimum atomic E-state index is -0.744. The molecule has 0 heterocycles. The molecule has 0 radical (unpaired) electrons. The van der Waals surface area contributed by atoms with Crippen molar-refractivity contribution in [2.45, 2.75) is 63.5 Å². The van der Waals surface area contributed by atoms with E-state index in [9.17, 15) is 19.2 Å². The second kappa shape index (κ2) is 24.1. The number of hydrogen-bond acceptors (Lipinski definition) is 7. The molecule has 0 unspecified atom stereocenters. The maximum atomic E-state index is 12.3. The maximum Gasteiger partial charge on any atom is 0.303 e. The summed E-state index contributed by atoms with van der Waals surface area (Å²) >= 11 is 0. The molecule has 8 N–H and O–H groups in total. The van der Waals surface area contributed by atoms with Gasteiger partial charge < -0.3 is 37.4 Å². The summed E-state index contributed by atoms with van der Waals surface area (Å²) in [5.41, 5.74) is 21.7. The zero-order valence-corrected chi connectivity index (χ0v) is 33.2. The van der Waals surface area contributed by atoms with Crippen molar-refractivity contribution >= 4 is 23.7 Å². The Morgan fingerprint density at radius 2 is 0.982 bits per heavy atom. The first-order chi connectivity index (χ1) is 26.1. The van der Waals surface area contributed by atoms with Gasteiger partial charge in [-0.25, -0.2) is 0 Å². The molecule has 4 rings (SSSR count). The Balaban J connectivity index is 0.000000315. The Kier molecular flexibility index (Phi) is 20.1. The zero-order valence-electron chi connectivity index (χ0n) is 33.2. The molecule has 0 aliphatic heterocycles. The Bertz CT molecular complexity index is 1730. The van der Waals surface area contributed by atoms with Gasteiger partial charge in [-0.2, -0.15) is 0 Å². The monoisotopic (exact) mass is 752 g/mol. The van der Waals surface area contributed by atoms with E-state index in [1.165, 1.54) is 5.56 Å². The second-order valence-corrected chi connectivity index (χ2v) is 14.2. The molecule has 11 heteroatoms. The SMILES string of the molecule is CN(C)[C@H](CN)Cc1ccc(C(N)=O)cc1.C[C@H](CC(=O)NC[C@H](Cc1ccc(C(N)=O)cc1)N(C)C)c1ccccc1.C[C@H](CC(=O)O)c1ccccc1. The van der Waals surface area contributed by atoms with Gasteiger partial charge in [0, 0.05) is 42.7 Å². The number of carboxylic acids is 1. The third-order valence-corrected chi connectivity index (χ3v) is 9.40. The number of nitrogens with zero attached hydrogens (tertiary/aromatic N) is 2. The van der Waals surface area contributed by atoms with Crippen LogP contribution in [0, 0.1) is 0 Å². The van der Waals surface area contributed by atoms with E-state index in [0.29, 0.717) is 36.7 Å². The van der Waals surface area contributed by atoms with Gasteiger partial charge in [0.1, 0.15) is 0 Å². The molecule has 0 aliphatic carbocycles. The highest BCUT2D eigenvalue weighted by Gasteiger charge is 2.16. The minimum Gasteiger partial charge on any atom is -0.481 e. The Morgan fingerprint density at radius 3 is 1.33 bits per heavy atom. The summed E-state index contributed by atoms with van der Waals surface area (Å²) in [5.74, 6) is -1.22. The van der Waals surface area contributed by atoms with Crippen LogP contribution in [0.3, 0.4) is 0 Å². The lowest BCUT2D eigenvalue weighted by Gasteiger charge is -2.25. The van der Waals surface area contributed by atoms with E-state index in [-0.39, 0.29) is 30.2 Å². The first-order valence-electron chi connectivity index (χ1n) is 18.5. The van der Waals surface area contributed by atoms with Gasteiger partial charge in [-0.15, -0.1) is 0 Å². The number of carboxylic acid groups (broad SMARTS) is 1. The molecule has 11 nitrogen and oxygen atoms in total. The lowest BCUT2D eigenvalue weighted by molar-refractivity contribution is -0.137. The van der Waals surface area contributed by atoms with Crippen LogP contribution in [0.2, 0.25) is 0 Å². The number of rotatable bonds is 17. The molecule has 0 saturated carbocycles. The third kappa shape index (κ3) is 17.6. The molecular formula is C44H60N6O5. The van der Waals surface area contributed by atoms with Crippen LogP contribution >= 0.6 is 0 Å². The number of likely N-dealkylation sites (N-methyl/N-ethyl adjacent to an activating group) is 2. The molecule has 4 atom stereocenters. The lowest BCUT2D eigenvalue weighted by Crippen LogP contribution is -2.41. The first-order valence-corrected chi connectivity index (χ1v) is 18.5. The largest absolute Gasteiger partial charge is 0.481 e. The van der Waals surface area contributed by atoms with Crippen molar-refractivity contribution < 1.29 is 24.3 Å². The third-order valence-electron chi connectivity index (χ3n) is 9.40. The highest BCUT2D eigenvalue weighted by Crippen LogP contribution is 2.19. The smallest absolute Gasteiger partial charge is 0.303 e. The molecule has 4 aromatic carbocycles. The fourth-order valence-electron chi connectivity index (χ4n) is 5.71. The van der Waals surface area contributed by atoms with Gasteiger partial charge in [-0.3, -0.25) is 19.2 Å². The minimum absolute atomic E-state index is 0.0577. The van der Waals surface area contributed by atoms with Crippen LogP contribution in [0.5, 0.6) is 0 Å². The quantitative estimate of drug-likeness (QED) is 0.0992. The first kappa shape index (κ1) is 45.8. The van der Waals surface area contributed by atoms with E-state index in [1.807, 2.05) is 108 Å². The topological polar surface area (TPSA) is 185 Å². The van der Waals surface area contributed by atoms with Crippen molar-refractivity contribution in [3.8, 4) is 0 Å². The zero-order chi connectivity index (χ0) is 40.9. The summed E-state index contributed by atoms with van der Waals surface area (Å²) in [5, 5.41) is 11.6. The number of benzene rings is 4. The Hall–Kier alpha value is -5.36. The number of amides is 3. The summed E-state index contributed by atoms with van der Waals surface area (Å²) in [6.45, 7) is 5.18. The van der Waals surface area contributed by atoms with Crippen LogP contribution in [0.15, 0.2) is 109 Å². The van der Waals surface area contributed by atoms with E-state index in [1.54, 1.807) is 24.3 Å². The molecule has 0 spiro atoms. The molecule has 296 valence electrons.